The first-order valence-electron chi connectivity index (χ1n) is 8.82. The van der Waals surface area contributed by atoms with E-state index in [0.717, 1.165) is 24.0 Å². The van der Waals surface area contributed by atoms with E-state index in [4.69, 9.17) is 9.47 Å². The van der Waals surface area contributed by atoms with Gasteiger partial charge in [0.2, 0.25) is 0 Å². The Labute approximate surface area is 149 Å². The molecule has 0 radical (unpaired) electrons. The van der Waals surface area contributed by atoms with E-state index in [1.807, 2.05) is 39.8 Å². The normalized spacial score (nSPS) is 34.5. The summed E-state index contributed by atoms with van der Waals surface area (Å²) >= 11 is 0. The molecule has 25 heavy (non-hydrogen) atoms. The second kappa shape index (κ2) is 8.00. The van der Waals surface area contributed by atoms with Crippen LogP contribution in [0.2, 0.25) is 0 Å². The number of aliphatic hydroxyl groups is 1. The summed E-state index contributed by atoms with van der Waals surface area (Å²) in [6.07, 6.45) is 3.20. The average Bonchev–Trinajstić information content (AvgIpc) is 2.77. The van der Waals surface area contributed by atoms with Crippen molar-refractivity contribution < 1.29 is 24.2 Å². The Hall–Kier alpha value is -1.88. The first-order chi connectivity index (χ1) is 11.7. The maximum absolute atomic E-state index is 12.2. The van der Waals surface area contributed by atoms with Crippen LogP contribution in [0, 0.1) is 11.8 Å². The first-order valence-corrected chi connectivity index (χ1v) is 8.82. The quantitative estimate of drug-likeness (QED) is 0.482. The van der Waals surface area contributed by atoms with Gasteiger partial charge in [-0.15, -0.1) is 0 Å². The molecule has 0 aromatic rings. The molecule has 1 N–H and O–H groups in total. The van der Waals surface area contributed by atoms with Crippen LogP contribution in [0.3, 0.4) is 0 Å². The molecule has 1 heterocycles. The van der Waals surface area contributed by atoms with Crippen molar-refractivity contribution >= 4 is 11.9 Å². The summed E-state index contributed by atoms with van der Waals surface area (Å²) in [5, 5.41) is 10.8. The van der Waals surface area contributed by atoms with E-state index in [2.05, 4.69) is 6.58 Å². The van der Waals surface area contributed by atoms with Crippen molar-refractivity contribution in [3.05, 3.63) is 35.5 Å². The van der Waals surface area contributed by atoms with Gasteiger partial charge in [0, 0.05) is 12.0 Å². The summed E-state index contributed by atoms with van der Waals surface area (Å²) in [4.78, 5) is 24.3. The molecular weight excluding hydrogens is 320 g/mol. The number of esters is 2. The molecule has 0 amide bonds. The molecule has 1 saturated heterocycles. The van der Waals surface area contributed by atoms with E-state index < -0.39 is 36.2 Å². The van der Waals surface area contributed by atoms with Crippen molar-refractivity contribution in [3.8, 4) is 0 Å². The Bertz CT molecular complexity index is 614. The van der Waals surface area contributed by atoms with Crippen LogP contribution in [-0.4, -0.2) is 35.4 Å². The monoisotopic (exact) mass is 348 g/mol. The zero-order valence-corrected chi connectivity index (χ0v) is 15.5. The number of carbonyl (C=O) groups excluding carboxylic acids is 2. The van der Waals surface area contributed by atoms with Crippen LogP contribution in [0.1, 0.15) is 47.0 Å². The van der Waals surface area contributed by atoms with Crippen molar-refractivity contribution in [2.75, 3.05) is 0 Å². The predicted octanol–water partition coefficient (Wildman–Crippen LogP) is 3.09. The van der Waals surface area contributed by atoms with Gasteiger partial charge in [-0.05, 0) is 44.3 Å². The SMILES string of the molecule is C=C1C(=O)O[C@@H]2/C=C(\C)CC/C=C(\C)[C@@H](O)[C@@H](OC(=O)CC(C)C)[C@@H]12. The largest absolute Gasteiger partial charge is 0.458 e. The fraction of sp³-hybridized carbons (Fsp3) is 0.600. The van der Waals surface area contributed by atoms with Gasteiger partial charge in [0.25, 0.3) is 0 Å². The average molecular weight is 348 g/mol. The molecule has 138 valence electrons. The van der Waals surface area contributed by atoms with Gasteiger partial charge in [-0.3, -0.25) is 4.79 Å². The highest BCUT2D eigenvalue weighted by atomic mass is 16.6. The minimum atomic E-state index is -0.998. The summed E-state index contributed by atoms with van der Waals surface area (Å²) < 4.78 is 11.1. The van der Waals surface area contributed by atoms with Crippen molar-refractivity contribution in [3.63, 3.8) is 0 Å². The molecule has 5 nitrogen and oxygen atoms in total. The molecule has 0 unspecified atom stereocenters. The highest BCUT2D eigenvalue weighted by molar-refractivity contribution is 5.91. The van der Waals surface area contributed by atoms with Gasteiger partial charge >= 0.3 is 11.9 Å². The Morgan fingerprint density at radius 2 is 2.12 bits per heavy atom. The van der Waals surface area contributed by atoms with Gasteiger partial charge in [-0.2, -0.15) is 0 Å². The number of hydrogen-bond donors (Lipinski definition) is 1. The Morgan fingerprint density at radius 3 is 2.76 bits per heavy atom. The van der Waals surface area contributed by atoms with E-state index in [9.17, 15) is 14.7 Å². The molecule has 2 aliphatic rings. The minimum Gasteiger partial charge on any atom is -0.458 e. The first kappa shape index (κ1) is 19.4. The molecule has 1 aliphatic carbocycles. The van der Waals surface area contributed by atoms with Crippen LogP contribution in [0.4, 0.5) is 0 Å². The Balaban J connectivity index is 2.40. The number of fused-ring (bicyclic) bond motifs is 1. The molecule has 0 bridgehead atoms. The number of hydrogen-bond acceptors (Lipinski definition) is 5. The van der Waals surface area contributed by atoms with Crippen LogP contribution in [0.25, 0.3) is 0 Å². The van der Waals surface area contributed by atoms with Crippen LogP contribution in [0.15, 0.2) is 35.5 Å². The topological polar surface area (TPSA) is 72.8 Å². The lowest BCUT2D eigenvalue weighted by Crippen LogP contribution is -2.42. The molecule has 5 heteroatoms. The third-order valence-electron chi connectivity index (χ3n) is 4.69. The standard InChI is InChI=1S/C20H28O5/c1-11(2)9-16(21)25-19-17-14(5)20(23)24-15(17)10-12(3)7-6-8-13(4)18(19)22/h8,10-11,15,17-19,22H,5-7,9H2,1-4H3/b12-10+,13-8+/t15-,17+,18-,19+/m1/s1. The van der Waals surface area contributed by atoms with Crippen LogP contribution >= 0.6 is 0 Å². The van der Waals surface area contributed by atoms with E-state index >= 15 is 0 Å². The molecule has 1 fully saturated rings. The van der Waals surface area contributed by atoms with E-state index in [0.29, 0.717) is 0 Å². The third-order valence-corrected chi connectivity index (χ3v) is 4.69. The van der Waals surface area contributed by atoms with Gasteiger partial charge < -0.3 is 14.6 Å². The molecule has 4 atom stereocenters. The van der Waals surface area contributed by atoms with Crippen molar-refractivity contribution in [1.29, 1.82) is 0 Å². The fourth-order valence-corrected chi connectivity index (χ4v) is 3.27. The summed E-state index contributed by atoms with van der Waals surface area (Å²) in [5.41, 5.74) is 2.05. The Morgan fingerprint density at radius 1 is 1.44 bits per heavy atom. The van der Waals surface area contributed by atoms with Crippen molar-refractivity contribution in [2.24, 2.45) is 11.8 Å². The van der Waals surface area contributed by atoms with Gasteiger partial charge in [0.05, 0.1) is 5.92 Å². The summed E-state index contributed by atoms with van der Waals surface area (Å²) in [7, 11) is 0. The van der Waals surface area contributed by atoms with E-state index in [1.165, 1.54) is 0 Å². The molecule has 1 aliphatic heterocycles. The highest BCUT2D eigenvalue weighted by Gasteiger charge is 2.47. The van der Waals surface area contributed by atoms with Crippen LogP contribution in [0.5, 0.6) is 0 Å². The molecule has 0 aromatic heterocycles. The lowest BCUT2D eigenvalue weighted by molar-refractivity contribution is -0.158. The zero-order chi connectivity index (χ0) is 18.7. The molecule has 0 saturated carbocycles. The fourth-order valence-electron chi connectivity index (χ4n) is 3.27. The van der Waals surface area contributed by atoms with Gasteiger partial charge in [0.15, 0.2) is 0 Å². The molecule has 0 spiro atoms. The lowest BCUT2D eigenvalue weighted by atomic mass is 9.84. The second-order valence-corrected chi connectivity index (χ2v) is 7.42. The van der Waals surface area contributed by atoms with Gasteiger partial charge in [-0.1, -0.05) is 32.1 Å². The number of allylic oxidation sites excluding steroid dienone is 2. The molecular formula is C20H28O5. The molecule has 2 rings (SSSR count). The van der Waals surface area contributed by atoms with Gasteiger partial charge in [0.1, 0.15) is 18.3 Å². The van der Waals surface area contributed by atoms with E-state index in [-0.39, 0.29) is 17.9 Å². The summed E-state index contributed by atoms with van der Waals surface area (Å²) in [6, 6.07) is 0. The molecule has 0 aromatic carbocycles. The number of ether oxygens (including phenoxy) is 2. The zero-order valence-electron chi connectivity index (χ0n) is 15.5. The number of carbonyl (C=O) groups is 2. The maximum Gasteiger partial charge on any atom is 0.334 e. The van der Waals surface area contributed by atoms with Crippen molar-refractivity contribution in [2.45, 2.75) is 65.3 Å². The summed E-state index contributed by atoms with van der Waals surface area (Å²) in [6.45, 7) is 11.5. The minimum absolute atomic E-state index is 0.142. The lowest BCUT2D eigenvalue weighted by Gasteiger charge is -2.31. The Kier molecular flexibility index (Phi) is 6.22. The van der Waals surface area contributed by atoms with Crippen LogP contribution < -0.4 is 0 Å². The highest BCUT2D eigenvalue weighted by Crippen LogP contribution is 2.36. The van der Waals surface area contributed by atoms with Gasteiger partial charge in [-0.25, -0.2) is 4.79 Å². The number of aliphatic hydroxyl groups excluding tert-OH is 1. The number of rotatable bonds is 3. The van der Waals surface area contributed by atoms with E-state index in [1.54, 1.807) is 0 Å². The maximum atomic E-state index is 12.2. The third kappa shape index (κ3) is 4.60. The predicted molar refractivity (Wildman–Crippen MR) is 94.6 cm³/mol. The van der Waals surface area contributed by atoms with Crippen LogP contribution in [-0.2, 0) is 19.1 Å². The smallest absolute Gasteiger partial charge is 0.334 e. The second-order valence-electron chi connectivity index (χ2n) is 7.42. The van der Waals surface area contributed by atoms with Crippen molar-refractivity contribution in [1.82, 2.24) is 0 Å². The summed E-state index contributed by atoms with van der Waals surface area (Å²) in [5.74, 6) is -1.34.